The fraction of sp³-hybridized carbons (Fsp3) is 0.300. The number of benzene rings is 1. The fourth-order valence-corrected chi connectivity index (χ4v) is 3.18. The molecule has 0 radical (unpaired) electrons. The highest BCUT2D eigenvalue weighted by molar-refractivity contribution is 6.15. The summed E-state index contributed by atoms with van der Waals surface area (Å²) in [5.41, 5.74) is 0.455. The molecule has 1 N–H and O–H groups in total. The van der Waals surface area contributed by atoms with Crippen molar-refractivity contribution in [3.05, 3.63) is 70.6 Å². The van der Waals surface area contributed by atoms with Gasteiger partial charge in [-0.2, -0.15) is 0 Å². The van der Waals surface area contributed by atoms with E-state index in [2.05, 4.69) is 0 Å². The van der Waals surface area contributed by atoms with Gasteiger partial charge >= 0.3 is 0 Å². The highest BCUT2D eigenvalue weighted by atomic mass is 19.1. The van der Waals surface area contributed by atoms with Crippen LogP contribution in [0.4, 0.5) is 4.39 Å². The molecule has 0 unspecified atom stereocenters. The van der Waals surface area contributed by atoms with Crippen molar-refractivity contribution < 1.29 is 28.2 Å². The van der Waals surface area contributed by atoms with E-state index in [9.17, 15) is 19.1 Å². The van der Waals surface area contributed by atoms with Crippen LogP contribution in [0.2, 0.25) is 0 Å². The number of halogens is 1. The molecule has 1 aromatic heterocycles. The van der Waals surface area contributed by atoms with Crippen LogP contribution in [-0.2, 0) is 9.53 Å². The minimum atomic E-state index is -0.826. The van der Waals surface area contributed by atoms with E-state index in [1.807, 2.05) is 0 Å². The van der Waals surface area contributed by atoms with E-state index in [1.54, 1.807) is 20.1 Å². The lowest BCUT2D eigenvalue weighted by molar-refractivity contribution is -0.129. The topological polar surface area (TPSA) is 80.0 Å². The molecule has 0 saturated carbocycles. The van der Waals surface area contributed by atoms with Crippen LogP contribution >= 0.6 is 0 Å². The summed E-state index contributed by atoms with van der Waals surface area (Å²) in [6.07, 6.45) is 0.522. The number of carbonyl (C=O) groups excluding carboxylic acids is 2. The second-order valence-corrected chi connectivity index (χ2v) is 6.30. The summed E-state index contributed by atoms with van der Waals surface area (Å²) in [6.45, 7) is 2.38. The maximum Gasteiger partial charge on any atom is 0.290 e. The van der Waals surface area contributed by atoms with E-state index in [0.29, 0.717) is 24.4 Å². The molecule has 1 aliphatic rings. The second kappa shape index (κ2) is 7.75. The Balaban J connectivity index is 2.03. The largest absolute Gasteiger partial charge is 0.503 e. The Morgan fingerprint density at radius 3 is 2.56 bits per heavy atom. The van der Waals surface area contributed by atoms with Gasteiger partial charge < -0.3 is 19.2 Å². The number of hydrogen-bond acceptors (Lipinski definition) is 5. The maximum atomic E-state index is 13.4. The van der Waals surface area contributed by atoms with Gasteiger partial charge in [0.2, 0.25) is 5.78 Å². The molecule has 2 aromatic rings. The first-order valence-electron chi connectivity index (χ1n) is 8.53. The van der Waals surface area contributed by atoms with Gasteiger partial charge in [0.15, 0.2) is 11.5 Å². The number of aliphatic hydroxyl groups excluding tert-OH is 1. The zero-order valence-electron chi connectivity index (χ0n) is 15.1. The van der Waals surface area contributed by atoms with Crippen LogP contribution in [0.5, 0.6) is 0 Å². The number of nitrogens with zero attached hydrogens (tertiary/aromatic N) is 1. The molecule has 0 spiro atoms. The molecule has 1 atom stereocenters. The summed E-state index contributed by atoms with van der Waals surface area (Å²) >= 11 is 0. The van der Waals surface area contributed by atoms with Crippen molar-refractivity contribution in [1.29, 1.82) is 0 Å². The Morgan fingerprint density at radius 1 is 1.26 bits per heavy atom. The Bertz CT molecular complexity index is 884. The van der Waals surface area contributed by atoms with Crippen molar-refractivity contribution >= 4 is 11.7 Å². The average molecular weight is 373 g/mol. The number of methoxy groups -OCH3 is 1. The lowest BCUT2D eigenvalue weighted by Gasteiger charge is -2.26. The van der Waals surface area contributed by atoms with Crippen LogP contribution in [0.1, 0.15) is 34.3 Å². The number of carbonyl (C=O) groups is 2. The van der Waals surface area contributed by atoms with E-state index in [1.165, 1.54) is 35.2 Å². The monoisotopic (exact) mass is 373 g/mol. The van der Waals surface area contributed by atoms with Gasteiger partial charge in [0.25, 0.3) is 5.91 Å². The zero-order valence-corrected chi connectivity index (χ0v) is 15.1. The molecule has 3 rings (SSSR count). The smallest absolute Gasteiger partial charge is 0.290 e. The normalized spacial score (nSPS) is 17.1. The number of aliphatic hydroxyl groups is 1. The Labute approximate surface area is 155 Å². The lowest BCUT2D eigenvalue weighted by Crippen LogP contribution is -2.32. The van der Waals surface area contributed by atoms with Gasteiger partial charge in [0.1, 0.15) is 11.6 Å². The van der Waals surface area contributed by atoms with Crippen molar-refractivity contribution in [1.82, 2.24) is 4.90 Å². The van der Waals surface area contributed by atoms with E-state index in [-0.39, 0.29) is 17.9 Å². The summed E-state index contributed by atoms with van der Waals surface area (Å²) in [5.74, 6) is -1.69. The minimum absolute atomic E-state index is 0.0349. The Kier molecular flexibility index (Phi) is 5.41. The first-order valence-corrected chi connectivity index (χ1v) is 8.53. The van der Waals surface area contributed by atoms with Crippen LogP contribution in [0.25, 0.3) is 0 Å². The maximum absolute atomic E-state index is 13.4. The number of furan rings is 1. The number of hydrogen-bond donors (Lipinski definition) is 1. The summed E-state index contributed by atoms with van der Waals surface area (Å²) in [4.78, 5) is 27.0. The third kappa shape index (κ3) is 3.64. The number of ether oxygens (including phenoxy) is 1. The molecule has 1 aliphatic heterocycles. The molecule has 1 aromatic carbocycles. The Morgan fingerprint density at radius 2 is 1.96 bits per heavy atom. The summed E-state index contributed by atoms with van der Waals surface area (Å²) in [7, 11) is 1.55. The first-order chi connectivity index (χ1) is 12.9. The van der Waals surface area contributed by atoms with Gasteiger partial charge in [0, 0.05) is 20.3 Å². The van der Waals surface area contributed by atoms with Crippen LogP contribution < -0.4 is 0 Å². The van der Waals surface area contributed by atoms with Crippen molar-refractivity contribution in [2.24, 2.45) is 0 Å². The number of Topliss-reactive ketones (excluding diaryl/α,β-unsaturated/α-hetero) is 1. The molecule has 0 saturated heterocycles. The van der Waals surface area contributed by atoms with Gasteiger partial charge in [-0.1, -0.05) is 12.1 Å². The van der Waals surface area contributed by atoms with E-state index in [0.717, 1.165) is 0 Å². The standard InChI is InChI=1S/C20H20FNO5/c1-12-4-9-15(27-12)18(23)16-17(13-5-7-14(21)8-6-13)22(10-3-11-26-2)20(25)19(16)24/h4-9,17,24H,3,10-11H2,1-2H3/t17-/m1/s1. The molecular formula is C20H20FNO5. The van der Waals surface area contributed by atoms with E-state index < -0.39 is 29.3 Å². The SMILES string of the molecule is COCCCN1C(=O)C(O)=C(C(=O)c2ccc(C)o2)[C@H]1c1ccc(F)cc1. The average Bonchev–Trinajstić information content (AvgIpc) is 3.19. The van der Waals surface area contributed by atoms with Crippen LogP contribution in [-0.4, -0.2) is 42.0 Å². The summed E-state index contributed by atoms with van der Waals surface area (Å²) in [5, 5.41) is 10.4. The van der Waals surface area contributed by atoms with Crippen LogP contribution in [0.15, 0.2) is 52.1 Å². The van der Waals surface area contributed by atoms with Gasteiger partial charge in [-0.25, -0.2) is 4.39 Å². The third-order valence-electron chi connectivity index (χ3n) is 4.45. The first kappa shape index (κ1) is 18.8. The predicted molar refractivity (Wildman–Crippen MR) is 94.8 cm³/mol. The van der Waals surface area contributed by atoms with E-state index in [4.69, 9.17) is 9.15 Å². The Hall–Kier alpha value is -2.93. The highest BCUT2D eigenvalue weighted by Crippen LogP contribution is 2.39. The van der Waals surface area contributed by atoms with Crippen molar-refractivity contribution in [2.75, 3.05) is 20.3 Å². The summed E-state index contributed by atoms with van der Waals surface area (Å²) < 4.78 is 23.8. The quantitative estimate of drug-likeness (QED) is 0.595. The zero-order chi connectivity index (χ0) is 19.6. The minimum Gasteiger partial charge on any atom is -0.503 e. The summed E-state index contributed by atoms with van der Waals surface area (Å²) in [6, 6.07) is 7.80. The third-order valence-corrected chi connectivity index (χ3v) is 4.45. The van der Waals surface area contributed by atoms with Crippen molar-refractivity contribution in [2.45, 2.75) is 19.4 Å². The van der Waals surface area contributed by atoms with E-state index >= 15 is 0 Å². The van der Waals surface area contributed by atoms with Crippen molar-refractivity contribution in [3.8, 4) is 0 Å². The number of aryl methyl sites for hydroxylation is 1. The number of ketones is 1. The van der Waals surface area contributed by atoms with Gasteiger partial charge in [-0.3, -0.25) is 9.59 Å². The van der Waals surface area contributed by atoms with Crippen molar-refractivity contribution in [3.63, 3.8) is 0 Å². The lowest BCUT2D eigenvalue weighted by atomic mass is 9.95. The predicted octanol–water partition coefficient (Wildman–Crippen LogP) is 3.34. The van der Waals surface area contributed by atoms with Gasteiger partial charge in [-0.05, 0) is 43.2 Å². The van der Waals surface area contributed by atoms with Gasteiger partial charge in [-0.15, -0.1) is 0 Å². The molecular weight excluding hydrogens is 353 g/mol. The molecule has 142 valence electrons. The molecule has 1 amide bonds. The molecule has 27 heavy (non-hydrogen) atoms. The number of rotatable bonds is 7. The van der Waals surface area contributed by atoms with Gasteiger partial charge in [0.05, 0.1) is 11.6 Å². The molecule has 6 nitrogen and oxygen atoms in total. The second-order valence-electron chi connectivity index (χ2n) is 6.30. The highest BCUT2D eigenvalue weighted by Gasteiger charge is 2.44. The molecule has 7 heteroatoms. The number of amides is 1. The fourth-order valence-electron chi connectivity index (χ4n) is 3.18. The van der Waals surface area contributed by atoms with Crippen LogP contribution in [0.3, 0.4) is 0 Å². The molecule has 0 aliphatic carbocycles. The molecule has 0 fully saturated rings. The molecule has 2 heterocycles. The van der Waals surface area contributed by atoms with Crippen LogP contribution in [0, 0.1) is 12.7 Å². The molecule has 0 bridgehead atoms.